The highest BCUT2D eigenvalue weighted by Gasteiger charge is 2.33. The molecule has 0 aliphatic heterocycles. The highest BCUT2D eigenvalue weighted by atomic mass is 16.6. The number of hydrogen-bond acceptors (Lipinski definition) is 7. The summed E-state index contributed by atoms with van der Waals surface area (Å²) >= 11 is 0. The van der Waals surface area contributed by atoms with E-state index in [1.54, 1.807) is 30.3 Å². The average molecular weight is 386 g/mol. The van der Waals surface area contributed by atoms with Crippen LogP contribution in [0.3, 0.4) is 0 Å². The molecular formula is C18H19BN2O7. The maximum absolute atomic E-state index is 12.5. The molecule has 146 valence electrons. The number of benzene rings is 2. The number of hydrogen-bond donors (Lipinski definition) is 5. The minimum Gasteiger partial charge on any atom is -0.511 e. The molecule has 0 saturated heterocycles. The molecule has 9 nitrogen and oxygen atoms in total. The summed E-state index contributed by atoms with van der Waals surface area (Å²) in [5.41, 5.74) is 6.24. The van der Waals surface area contributed by atoms with E-state index in [0.717, 1.165) is 0 Å². The van der Waals surface area contributed by atoms with Crippen LogP contribution in [0.1, 0.15) is 27.5 Å². The second-order valence-electron chi connectivity index (χ2n) is 5.95. The van der Waals surface area contributed by atoms with Crippen molar-refractivity contribution in [1.82, 2.24) is 5.32 Å². The standard InChI is InChI=1S/C18H19BN2O7/c20-15(11-5-2-1-3-6-11)17(24)21-14(19(27)28-10-22)9-12-7-4-8-13(16(12)23)18(25)26/h1-8,10,14-15,23,27H,9,20H2,(H,21,24)(H,25,26)/t14-,15?/m0/s1. The Balaban J connectivity index is 2.23. The predicted molar refractivity (Wildman–Crippen MR) is 99.2 cm³/mol. The summed E-state index contributed by atoms with van der Waals surface area (Å²) in [5, 5.41) is 31.7. The van der Waals surface area contributed by atoms with Gasteiger partial charge in [0.25, 0.3) is 6.47 Å². The first-order chi connectivity index (χ1) is 13.3. The zero-order valence-electron chi connectivity index (χ0n) is 14.7. The molecule has 2 atom stereocenters. The van der Waals surface area contributed by atoms with Crippen LogP contribution in [0.25, 0.3) is 0 Å². The molecule has 2 rings (SSSR count). The van der Waals surface area contributed by atoms with Crippen LogP contribution in [0.5, 0.6) is 5.75 Å². The number of carbonyl (C=O) groups excluding carboxylic acids is 2. The van der Waals surface area contributed by atoms with E-state index in [9.17, 15) is 24.5 Å². The lowest BCUT2D eigenvalue weighted by Crippen LogP contribution is -2.51. The average Bonchev–Trinajstić information content (AvgIpc) is 2.68. The van der Waals surface area contributed by atoms with Crippen molar-refractivity contribution < 1.29 is 34.3 Å². The van der Waals surface area contributed by atoms with Gasteiger partial charge in [0, 0.05) is 0 Å². The summed E-state index contributed by atoms with van der Waals surface area (Å²) < 4.78 is 4.50. The van der Waals surface area contributed by atoms with Gasteiger partial charge in [0.05, 0.1) is 5.94 Å². The first kappa shape index (κ1) is 20.9. The Bertz CT molecular complexity index is 847. The number of aromatic hydroxyl groups is 1. The maximum atomic E-state index is 12.5. The quantitative estimate of drug-likeness (QED) is 0.298. The van der Waals surface area contributed by atoms with Crippen molar-refractivity contribution in [3.05, 3.63) is 65.2 Å². The highest BCUT2D eigenvalue weighted by Crippen LogP contribution is 2.24. The van der Waals surface area contributed by atoms with Gasteiger partial charge in [-0.3, -0.25) is 9.59 Å². The lowest BCUT2D eigenvalue weighted by Gasteiger charge is -2.22. The number of phenols is 1. The number of rotatable bonds is 9. The Morgan fingerprint density at radius 1 is 1.18 bits per heavy atom. The second-order valence-corrected chi connectivity index (χ2v) is 5.95. The van der Waals surface area contributed by atoms with Crippen molar-refractivity contribution in [2.45, 2.75) is 18.4 Å². The van der Waals surface area contributed by atoms with E-state index in [2.05, 4.69) is 9.97 Å². The Morgan fingerprint density at radius 2 is 1.86 bits per heavy atom. The number of aromatic carboxylic acids is 1. The maximum Gasteiger partial charge on any atom is 0.548 e. The smallest absolute Gasteiger partial charge is 0.511 e. The molecular weight excluding hydrogens is 367 g/mol. The molecule has 1 amide bonds. The Labute approximate surface area is 160 Å². The van der Waals surface area contributed by atoms with Crippen LogP contribution in [0.4, 0.5) is 0 Å². The van der Waals surface area contributed by atoms with E-state index < -0.39 is 36.7 Å². The normalized spacial score (nSPS) is 12.5. The number of nitrogens with one attached hydrogen (secondary N) is 1. The van der Waals surface area contributed by atoms with Crippen LogP contribution in [0, 0.1) is 0 Å². The summed E-state index contributed by atoms with van der Waals surface area (Å²) in [6.07, 6.45) is -0.213. The number of carboxylic acid groups (broad SMARTS) is 1. The molecule has 0 aliphatic carbocycles. The van der Waals surface area contributed by atoms with Gasteiger partial charge in [-0.15, -0.1) is 0 Å². The third-order valence-corrected chi connectivity index (χ3v) is 4.10. The van der Waals surface area contributed by atoms with Gasteiger partial charge in [-0.25, -0.2) is 4.79 Å². The summed E-state index contributed by atoms with van der Waals surface area (Å²) in [4.78, 5) is 34.2. The number of carboxylic acids is 1. The van der Waals surface area contributed by atoms with Gasteiger partial charge in [0.2, 0.25) is 5.91 Å². The van der Waals surface area contributed by atoms with Crippen molar-refractivity contribution in [2.24, 2.45) is 5.73 Å². The second kappa shape index (κ2) is 9.54. The SMILES string of the molecule is NC(C(=O)N[C@@H](Cc1cccc(C(=O)O)c1O)B(O)OC=O)c1ccccc1. The van der Waals surface area contributed by atoms with E-state index in [1.807, 2.05) is 0 Å². The monoisotopic (exact) mass is 386 g/mol. The summed E-state index contributed by atoms with van der Waals surface area (Å²) in [5.74, 6) is -3.68. The third kappa shape index (κ3) is 5.09. The Kier molecular flexibility index (Phi) is 7.13. The zero-order chi connectivity index (χ0) is 20.7. The molecule has 2 aromatic carbocycles. The van der Waals surface area contributed by atoms with Crippen molar-refractivity contribution in [1.29, 1.82) is 0 Å². The number of nitrogens with two attached hydrogens (primary N) is 1. The molecule has 0 heterocycles. The molecule has 6 N–H and O–H groups in total. The Morgan fingerprint density at radius 3 is 2.46 bits per heavy atom. The van der Waals surface area contributed by atoms with Crippen molar-refractivity contribution in [3.63, 3.8) is 0 Å². The summed E-state index contributed by atoms with van der Waals surface area (Å²) in [7, 11) is -1.74. The van der Waals surface area contributed by atoms with Gasteiger partial charge in [-0.1, -0.05) is 42.5 Å². The molecule has 0 aliphatic rings. The number of amides is 1. The topological polar surface area (TPSA) is 159 Å². The van der Waals surface area contributed by atoms with Gasteiger partial charge >= 0.3 is 13.1 Å². The number of carbonyl (C=O) groups is 3. The fourth-order valence-corrected chi connectivity index (χ4v) is 2.62. The van der Waals surface area contributed by atoms with Crippen molar-refractivity contribution >= 4 is 25.5 Å². The van der Waals surface area contributed by atoms with Crippen LogP contribution < -0.4 is 11.1 Å². The molecule has 0 fully saturated rings. The fourth-order valence-electron chi connectivity index (χ4n) is 2.62. The van der Waals surface area contributed by atoms with Crippen molar-refractivity contribution in [2.75, 3.05) is 0 Å². The largest absolute Gasteiger partial charge is 0.548 e. The van der Waals surface area contributed by atoms with E-state index >= 15 is 0 Å². The molecule has 28 heavy (non-hydrogen) atoms. The molecule has 0 aromatic heterocycles. The lowest BCUT2D eigenvalue weighted by molar-refractivity contribution is -0.124. The van der Waals surface area contributed by atoms with E-state index in [0.29, 0.717) is 5.56 Å². The predicted octanol–water partition coefficient (Wildman–Crippen LogP) is 0.0104. The number of para-hydroxylation sites is 1. The summed E-state index contributed by atoms with van der Waals surface area (Å²) in [6, 6.07) is 11.5. The minimum atomic E-state index is -1.74. The lowest BCUT2D eigenvalue weighted by atomic mass is 9.75. The molecule has 0 bridgehead atoms. The molecule has 1 unspecified atom stereocenters. The molecule has 2 aromatic rings. The molecule has 10 heteroatoms. The van der Waals surface area contributed by atoms with E-state index in [1.165, 1.54) is 18.2 Å². The first-order valence-corrected chi connectivity index (χ1v) is 8.27. The van der Waals surface area contributed by atoms with Crippen LogP contribution in [-0.2, 0) is 20.7 Å². The zero-order valence-corrected chi connectivity index (χ0v) is 14.7. The van der Waals surface area contributed by atoms with Gasteiger partial charge in [0.15, 0.2) is 0 Å². The fraction of sp³-hybridized carbons (Fsp3) is 0.167. The summed E-state index contributed by atoms with van der Waals surface area (Å²) in [6.45, 7) is 0.00841. The van der Waals surface area contributed by atoms with Crippen LogP contribution in [-0.4, -0.2) is 46.6 Å². The van der Waals surface area contributed by atoms with Gasteiger partial charge in [-0.05, 0) is 23.6 Å². The van der Waals surface area contributed by atoms with E-state index in [4.69, 9.17) is 10.8 Å². The molecule has 0 saturated carbocycles. The van der Waals surface area contributed by atoms with Crippen molar-refractivity contribution in [3.8, 4) is 5.75 Å². The van der Waals surface area contributed by atoms with Gasteiger partial charge < -0.3 is 30.9 Å². The van der Waals surface area contributed by atoms with Gasteiger partial charge in [0.1, 0.15) is 17.4 Å². The highest BCUT2D eigenvalue weighted by molar-refractivity contribution is 6.47. The van der Waals surface area contributed by atoms with Gasteiger partial charge in [-0.2, -0.15) is 0 Å². The third-order valence-electron chi connectivity index (χ3n) is 4.10. The Hall–Kier alpha value is -3.37. The minimum absolute atomic E-state index is 0.00841. The van der Waals surface area contributed by atoms with Crippen LogP contribution in [0.2, 0.25) is 0 Å². The molecule has 0 spiro atoms. The first-order valence-electron chi connectivity index (χ1n) is 8.27. The van der Waals surface area contributed by atoms with E-state index in [-0.39, 0.29) is 24.0 Å². The molecule has 0 radical (unpaired) electrons. The van der Waals surface area contributed by atoms with Crippen LogP contribution >= 0.6 is 0 Å². The van der Waals surface area contributed by atoms with Crippen LogP contribution in [0.15, 0.2) is 48.5 Å².